The molecule has 204 valence electrons. The van der Waals surface area contributed by atoms with Gasteiger partial charge >= 0.3 is 0 Å². The number of carbonyl (C=O) groups is 2. The number of carbonyl (C=O) groups excluding carboxylic acids is 2. The Morgan fingerprint density at radius 2 is 2.05 bits per heavy atom. The minimum Gasteiger partial charge on any atom is -0.383 e. The highest BCUT2D eigenvalue weighted by Gasteiger charge is 2.45. The Morgan fingerprint density at radius 1 is 1.24 bits per heavy atom. The zero-order chi connectivity index (χ0) is 26.2. The van der Waals surface area contributed by atoms with E-state index in [0.717, 1.165) is 30.5 Å². The molecule has 4 rings (SSSR count). The summed E-state index contributed by atoms with van der Waals surface area (Å²) in [5, 5.41) is 23.3. The van der Waals surface area contributed by atoms with Gasteiger partial charge in [0.25, 0.3) is 0 Å². The third kappa shape index (κ3) is 6.77. The third-order valence-corrected chi connectivity index (χ3v) is 9.57. The van der Waals surface area contributed by atoms with Crippen LogP contribution in [0.4, 0.5) is 5.69 Å². The molecule has 5 atom stereocenters. The van der Waals surface area contributed by atoms with E-state index in [1.165, 1.54) is 62.5 Å². The predicted octanol–water partition coefficient (Wildman–Crippen LogP) is 3.96. The molecule has 3 aliphatic rings. The zero-order valence-corrected chi connectivity index (χ0v) is 22.5. The van der Waals surface area contributed by atoms with Gasteiger partial charge in [0.2, 0.25) is 11.8 Å². The molecule has 2 amide bonds. The molecule has 0 aromatic heterocycles. The molecule has 0 spiro atoms. The van der Waals surface area contributed by atoms with E-state index in [1.54, 1.807) is 4.90 Å². The van der Waals surface area contributed by atoms with E-state index < -0.39 is 17.2 Å². The summed E-state index contributed by atoms with van der Waals surface area (Å²) in [7, 11) is 0. The minimum absolute atomic E-state index is 0. The molecular weight excluding hydrogens is 484 g/mol. The van der Waals surface area contributed by atoms with E-state index >= 15 is 0 Å². The van der Waals surface area contributed by atoms with Gasteiger partial charge in [0.15, 0.2) is 5.92 Å². The van der Waals surface area contributed by atoms with Crippen molar-refractivity contribution in [2.45, 2.75) is 56.1 Å². The van der Waals surface area contributed by atoms with E-state index in [0.29, 0.717) is 13.1 Å². The lowest BCUT2D eigenvalue weighted by molar-refractivity contribution is -0.131. The van der Waals surface area contributed by atoms with Crippen molar-refractivity contribution in [2.75, 3.05) is 44.6 Å². The first-order chi connectivity index (χ1) is 18.0. The first kappa shape index (κ1) is 27.3. The van der Waals surface area contributed by atoms with Gasteiger partial charge in [-0.3, -0.25) is 9.59 Å². The second-order valence-corrected chi connectivity index (χ2v) is 11.7. The van der Waals surface area contributed by atoms with Crippen molar-refractivity contribution < 1.29 is 13.9 Å². The van der Waals surface area contributed by atoms with Gasteiger partial charge in [-0.05, 0) is 62.3 Å². The fourth-order valence-corrected chi connectivity index (χ4v) is 7.55. The molecule has 3 unspecified atom stereocenters. The molecule has 37 heavy (non-hydrogen) atoms. The Bertz CT molecular complexity index is 1050. The molecule has 1 aromatic carbocycles. The highest BCUT2D eigenvalue weighted by atomic mass is 32.2. The highest BCUT2D eigenvalue weighted by molar-refractivity contribution is 8.01. The molecule has 8 nitrogen and oxygen atoms in total. The van der Waals surface area contributed by atoms with Crippen LogP contribution < -0.4 is 10.6 Å². The number of amides is 2. The lowest BCUT2D eigenvalue weighted by Crippen LogP contribution is -2.44. The number of rotatable bonds is 10. The van der Waals surface area contributed by atoms with E-state index in [2.05, 4.69) is 33.7 Å². The van der Waals surface area contributed by atoms with Gasteiger partial charge in [-0.25, -0.2) is 0 Å². The van der Waals surface area contributed by atoms with Crippen molar-refractivity contribution in [3.8, 4) is 12.1 Å². The van der Waals surface area contributed by atoms with Crippen molar-refractivity contribution >= 4 is 29.3 Å². The van der Waals surface area contributed by atoms with Crippen LogP contribution in [-0.4, -0.2) is 71.5 Å². The summed E-state index contributed by atoms with van der Waals surface area (Å²) in [6, 6.07) is 12.3. The third-order valence-electron chi connectivity index (χ3n) is 8.07. The smallest absolute Gasteiger partial charge is 0.241 e. The van der Waals surface area contributed by atoms with Crippen LogP contribution >= 0.6 is 11.8 Å². The summed E-state index contributed by atoms with van der Waals surface area (Å²) in [5.74, 6) is 0.241. The number of nitrogens with zero attached hydrogens (tertiary/aromatic N) is 4. The Morgan fingerprint density at radius 3 is 2.81 bits per heavy atom. The SMILES string of the molecule is CCN1C(=O)C(CNc2cccc(CCN3CCC4CCCC[C@@H]4C3)c2)SC1[C@H](C#N)C(=O)NCC#N.[HH].[HH].[HH]. The first-order valence-electron chi connectivity index (χ1n) is 13.6. The maximum atomic E-state index is 13.0. The van der Waals surface area contributed by atoms with Crippen LogP contribution in [0.5, 0.6) is 0 Å². The minimum atomic E-state index is -1.02. The summed E-state index contributed by atoms with van der Waals surface area (Å²) in [4.78, 5) is 29.7. The van der Waals surface area contributed by atoms with Crippen molar-refractivity contribution in [1.29, 1.82) is 10.5 Å². The Hall–Kier alpha value is -2.75. The maximum absolute atomic E-state index is 13.0. The van der Waals surface area contributed by atoms with Gasteiger partial charge in [0.1, 0.15) is 17.2 Å². The topological polar surface area (TPSA) is 112 Å². The second kappa shape index (κ2) is 13.2. The molecule has 3 fully saturated rings. The normalized spacial score (nSPS) is 26.6. The standard InChI is InChI=1S/C28H38N6O2S.3H2/c1-2-34-27(36)25(37-28(34)24(17-30)26(35)31-13-12-29)18-32-23-9-5-6-20(16-23)10-14-33-15-11-21-7-3-4-8-22(21)19-33;;;/h5-6,9,16,21-22,24-25,28,32H,2-4,7-8,10-11,13-15,18-19H2,1H3,(H,31,35);3*1H/t21?,22-,24-,25?,28?;;;/m1.../s1. The number of benzene rings is 1. The predicted molar refractivity (Wildman–Crippen MR) is 152 cm³/mol. The van der Waals surface area contributed by atoms with Crippen LogP contribution in [0.2, 0.25) is 0 Å². The largest absolute Gasteiger partial charge is 0.383 e. The molecule has 0 bridgehead atoms. The first-order valence-corrected chi connectivity index (χ1v) is 14.5. The van der Waals surface area contributed by atoms with Crippen LogP contribution in [0.25, 0.3) is 0 Å². The van der Waals surface area contributed by atoms with E-state index in [1.807, 2.05) is 25.1 Å². The highest BCUT2D eigenvalue weighted by Crippen LogP contribution is 2.37. The number of piperidine rings is 1. The van der Waals surface area contributed by atoms with Crippen LogP contribution in [0.1, 0.15) is 48.9 Å². The molecular formula is C28H44N6O2S. The Balaban J connectivity index is 0.00000267. The second-order valence-electron chi connectivity index (χ2n) is 10.3. The van der Waals surface area contributed by atoms with Gasteiger partial charge in [0, 0.05) is 36.1 Å². The number of nitrogens with one attached hydrogen (secondary N) is 2. The number of nitriles is 2. The summed E-state index contributed by atoms with van der Waals surface area (Å²) in [6.07, 6.45) is 8.00. The Labute approximate surface area is 229 Å². The van der Waals surface area contributed by atoms with E-state index in [4.69, 9.17) is 5.26 Å². The maximum Gasteiger partial charge on any atom is 0.241 e. The lowest BCUT2D eigenvalue weighted by Gasteiger charge is -2.41. The van der Waals surface area contributed by atoms with E-state index in [9.17, 15) is 14.9 Å². The molecule has 1 aromatic rings. The van der Waals surface area contributed by atoms with Crippen molar-refractivity contribution in [3.05, 3.63) is 29.8 Å². The monoisotopic (exact) mass is 528 g/mol. The molecule has 2 N–H and O–H groups in total. The molecule has 2 aliphatic heterocycles. The van der Waals surface area contributed by atoms with Gasteiger partial charge < -0.3 is 20.4 Å². The van der Waals surface area contributed by atoms with Crippen molar-refractivity contribution in [3.63, 3.8) is 0 Å². The number of fused-ring (bicyclic) bond motifs is 1. The number of thioether (sulfide) groups is 1. The van der Waals surface area contributed by atoms with Crippen LogP contribution in [-0.2, 0) is 16.0 Å². The fourth-order valence-electron chi connectivity index (χ4n) is 6.04. The average molecular weight is 529 g/mol. The molecule has 0 radical (unpaired) electrons. The molecule has 1 saturated carbocycles. The molecule has 2 saturated heterocycles. The van der Waals surface area contributed by atoms with Crippen LogP contribution in [0, 0.1) is 40.4 Å². The van der Waals surface area contributed by atoms with Gasteiger partial charge in [-0.15, -0.1) is 11.8 Å². The summed E-state index contributed by atoms with van der Waals surface area (Å²) < 4.78 is 0. The molecule has 9 heteroatoms. The van der Waals surface area contributed by atoms with Gasteiger partial charge in [0.05, 0.1) is 12.1 Å². The zero-order valence-electron chi connectivity index (χ0n) is 21.7. The summed E-state index contributed by atoms with van der Waals surface area (Å²) in [6.45, 7) is 6.08. The number of hydrogen-bond acceptors (Lipinski definition) is 7. The van der Waals surface area contributed by atoms with Gasteiger partial charge in [-0.2, -0.15) is 10.5 Å². The Kier molecular flexibility index (Phi) is 9.71. The van der Waals surface area contributed by atoms with Crippen LogP contribution in [0.3, 0.4) is 0 Å². The quantitative estimate of drug-likeness (QED) is 0.442. The number of hydrogen-bond donors (Lipinski definition) is 2. The average Bonchev–Trinajstić information content (AvgIpc) is 3.24. The fraction of sp³-hybridized carbons (Fsp3) is 0.643. The summed E-state index contributed by atoms with van der Waals surface area (Å²) >= 11 is 1.35. The van der Waals surface area contributed by atoms with Gasteiger partial charge in [-0.1, -0.05) is 31.4 Å². The van der Waals surface area contributed by atoms with Crippen molar-refractivity contribution in [2.24, 2.45) is 17.8 Å². The van der Waals surface area contributed by atoms with Crippen LogP contribution in [0.15, 0.2) is 24.3 Å². The summed E-state index contributed by atoms with van der Waals surface area (Å²) in [5.41, 5.74) is 2.26. The number of anilines is 1. The molecule has 1 aliphatic carbocycles. The number of likely N-dealkylation sites (tertiary alicyclic amines) is 1. The lowest BCUT2D eigenvalue weighted by atomic mass is 9.75. The van der Waals surface area contributed by atoms with E-state index in [-0.39, 0.29) is 22.0 Å². The molecule has 2 heterocycles. The van der Waals surface area contributed by atoms with Crippen molar-refractivity contribution in [1.82, 2.24) is 15.1 Å².